The third-order valence-electron chi connectivity index (χ3n) is 3.11. The second-order valence-electron chi connectivity index (χ2n) is 4.68. The molecule has 0 aromatic heterocycles. The minimum atomic E-state index is -0.789. The van der Waals surface area contributed by atoms with Crippen LogP contribution in [0.4, 0.5) is 0 Å². The number of fused-ring (bicyclic) bond motifs is 1. The number of primary amides is 1. The van der Waals surface area contributed by atoms with E-state index in [9.17, 15) is 9.59 Å². The minimum Gasteiger partial charge on any atom is -0.368 e. The van der Waals surface area contributed by atoms with Crippen molar-refractivity contribution < 1.29 is 9.59 Å². The van der Waals surface area contributed by atoms with E-state index < -0.39 is 11.9 Å². The molecule has 1 atom stereocenters. The zero-order valence-electron chi connectivity index (χ0n) is 11.3. The summed E-state index contributed by atoms with van der Waals surface area (Å²) in [5, 5.41) is 4.45. The molecule has 0 spiro atoms. The van der Waals surface area contributed by atoms with Crippen LogP contribution >= 0.6 is 15.9 Å². The number of amides is 2. The molecule has 0 aliphatic rings. The van der Waals surface area contributed by atoms with Crippen LogP contribution in [0.5, 0.6) is 0 Å². The van der Waals surface area contributed by atoms with E-state index in [1.807, 2.05) is 30.3 Å². The van der Waals surface area contributed by atoms with Crippen molar-refractivity contribution >= 4 is 38.5 Å². The first-order valence-electron chi connectivity index (χ1n) is 6.40. The Morgan fingerprint density at radius 2 is 1.86 bits per heavy atom. The van der Waals surface area contributed by atoms with Crippen LogP contribution < -0.4 is 11.1 Å². The van der Waals surface area contributed by atoms with Crippen molar-refractivity contribution in [1.29, 1.82) is 0 Å². The van der Waals surface area contributed by atoms with E-state index in [4.69, 9.17) is 5.73 Å². The third kappa shape index (κ3) is 3.70. The molecule has 4 nitrogen and oxygen atoms in total. The lowest BCUT2D eigenvalue weighted by atomic mass is 10.0. The molecule has 2 amide bonds. The van der Waals surface area contributed by atoms with Crippen LogP contribution in [0.2, 0.25) is 0 Å². The van der Waals surface area contributed by atoms with E-state index >= 15 is 0 Å². The van der Waals surface area contributed by atoms with Gasteiger partial charge in [0.15, 0.2) is 0 Å². The Morgan fingerprint density at radius 1 is 1.19 bits per heavy atom. The van der Waals surface area contributed by atoms with Crippen LogP contribution in [-0.2, 0) is 4.79 Å². The Labute approximate surface area is 131 Å². The zero-order chi connectivity index (χ0) is 15.4. The molecule has 2 aromatic carbocycles. The lowest BCUT2D eigenvalue weighted by Crippen LogP contribution is -2.44. The van der Waals surface area contributed by atoms with E-state index in [0.29, 0.717) is 10.0 Å². The first-order chi connectivity index (χ1) is 9.99. The average molecular weight is 347 g/mol. The molecule has 0 saturated carbocycles. The van der Waals surface area contributed by atoms with Gasteiger partial charge < -0.3 is 11.1 Å². The monoisotopic (exact) mass is 346 g/mol. The molecular formula is C16H15BrN2O2. The Balaban J connectivity index is 2.29. The van der Waals surface area contributed by atoms with Gasteiger partial charge in [-0.2, -0.15) is 0 Å². The zero-order valence-corrected chi connectivity index (χ0v) is 12.9. The Morgan fingerprint density at radius 3 is 2.52 bits per heavy atom. The van der Waals surface area contributed by atoms with Crippen LogP contribution in [0.1, 0.15) is 16.8 Å². The first-order valence-corrected chi connectivity index (χ1v) is 7.19. The van der Waals surface area contributed by atoms with Gasteiger partial charge in [-0.1, -0.05) is 58.9 Å². The summed E-state index contributed by atoms with van der Waals surface area (Å²) in [6.45, 7) is 3.66. The summed E-state index contributed by atoms with van der Waals surface area (Å²) in [5.41, 5.74) is 5.82. The number of halogens is 1. The van der Waals surface area contributed by atoms with E-state index in [-0.39, 0.29) is 12.3 Å². The summed E-state index contributed by atoms with van der Waals surface area (Å²) in [6.07, 6.45) is 0.256. The minimum absolute atomic E-state index is 0.256. The molecule has 0 fully saturated rings. The second-order valence-corrected chi connectivity index (χ2v) is 5.80. The maximum atomic E-state index is 12.4. The molecule has 0 saturated heterocycles. The molecule has 0 aliphatic heterocycles. The molecule has 0 aliphatic carbocycles. The average Bonchev–Trinajstić information content (AvgIpc) is 2.45. The maximum Gasteiger partial charge on any atom is 0.252 e. The van der Waals surface area contributed by atoms with Gasteiger partial charge >= 0.3 is 0 Å². The van der Waals surface area contributed by atoms with Crippen LogP contribution in [0.15, 0.2) is 53.5 Å². The SMILES string of the molecule is C=C(Br)C[C@@H](NC(=O)c1cccc2ccccc12)C(N)=O. The van der Waals surface area contributed by atoms with Crippen molar-refractivity contribution in [3.63, 3.8) is 0 Å². The molecular weight excluding hydrogens is 332 g/mol. The number of hydrogen-bond acceptors (Lipinski definition) is 2. The normalized spacial score (nSPS) is 11.9. The van der Waals surface area contributed by atoms with Gasteiger partial charge in [-0.3, -0.25) is 9.59 Å². The van der Waals surface area contributed by atoms with Gasteiger partial charge in [0.1, 0.15) is 6.04 Å². The molecule has 3 N–H and O–H groups in total. The number of carbonyl (C=O) groups is 2. The van der Waals surface area contributed by atoms with E-state index in [2.05, 4.69) is 27.8 Å². The molecule has 0 unspecified atom stereocenters. The summed E-state index contributed by atoms with van der Waals surface area (Å²) >= 11 is 3.18. The van der Waals surface area contributed by atoms with Crippen LogP contribution in [0.3, 0.4) is 0 Å². The highest BCUT2D eigenvalue weighted by Crippen LogP contribution is 2.19. The fourth-order valence-electron chi connectivity index (χ4n) is 2.10. The Hall–Kier alpha value is -2.14. The fourth-order valence-corrected chi connectivity index (χ4v) is 2.43. The van der Waals surface area contributed by atoms with Gasteiger partial charge in [0.25, 0.3) is 5.91 Å². The number of nitrogens with one attached hydrogen (secondary N) is 1. The van der Waals surface area contributed by atoms with Crippen molar-refractivity contribution in [3.05, 3.63) is 59.1 Å². The highest BCUT2D eigenvalue weighted by molar-refractivity contribution is 9.11. The number of carbonyl (C=O) groups excluding carboxylic acids is 2. The quantitative estimate of drug-likeness (QED) is 0.873. The van der Waals surface area contributed by atoms with Crippen molar-refractivity contribution in [1.82, 2.24) is 5.32 Å². The molecule has 2 aromatic rings. The van der Waals surface area contributed by atoms with E-state index in [1.165, 1.54) is 0 Å². The van der Waals surface area contributed by atoms with Gasteiger partial charge in [-0.25, -0.2) is 0 Å². The smallest absolute Gasteiger partial charge is 0.252 e. The van der Waals surface area contributed by atoms with Gasteiger partial charge in [0.05, 0.1) is 0 Å². The van der Waals surface area contributed by atoms with Gasteiger partial charge in [0.2, 0.25) is 5.91 Å². The van der Waals surface area contributed by atoms with E-state index in [1.54, 1.807) is 12.1 Å². The molecule has 5 heteroatoms. The van der Waals surface area contributed by atoms with Gasteiger partial charge in [0, 0.05) is 12.0 Å². The highest BCUT2D eigenvalue weighted by atomic mass is 79.9. The number of nitrogens with two attached hydrogens (primary N) is 1. The van der Waals surface area contributed by atoms with Crippen molar-refractivity contribution in [2.75, 3.05) is 0 Å². The van der Waals surface area contributed by atoms with Crippen LogP contribution in [-0.4, -0.2) is 17.9 Å². The molecule has 21 heavy (non-hydrogen) atoms. The Bertz CT molecular complexity index is 707. The number of rotatable bonds is 5. The summed E-state index contributed by atoms with van der Waals surface area (Å²) in [4.78, 5) is 23.8. The fraction of sp³-hybridized carbons (Fsp3) is 0.125. The van der Waals surface area contributed by atoms with Crippen LogP contribution in [0.25, 0.3) is 10.8 Å². The first kappa shape index (κ1) is 15.3. The lowest BCUT2D eigenvalue weighted by molar-refractivity contribution is -0.119. The third-order valence-corrected chi connectivity index (χ3v) is 3.43. The van der Waals surface area contributed by atoms with Crippen molar-refractivity contribution in [3.8, 4) is 0 Å². The number of hydrogen-bond donors (Lipinski definition) is 2. The van der Waals surface area contributed by atoms with E-state index in [0.717, 1.165) is 10.8 Å². The highest BCUT2D eigenvalue weighted by Gasteiger charge is 2.20. The largest absolute Gasteiger partial charge is 0.368 e. The van der Waals surface area contributed by atoms with Crippen molar-refractivity contribution in [2.24, 2.45) is 5.73 Å². The molecule has 0 bridgehead atoms. The maximum absolute atomic E-state index is 12.4. The topological polar surface area (TPSA) is 72.2 Å². The molecule has 108 valence electrons. The molecule has 0 radical (unpaired) electrons. The second kappa shape index (κ2) is 6.54. The summed E-state index contributed by atoms with van der Waals surface area (Å²) < 4.78 is 0.601. The standard InChI is InChI=1S/C16H15BrN2O2/c1-10(17)9-14(15(18)20)19-16(21)13-8-4-6-11-5-2-3-7-12(11)13/h2-8,14H,1,9H2,(H2,18,20)(H,19,21)/t14-/m1/s1. The molecule has 0 heterocycles. The van der Waals surface area contributed by atoms with Gasteiger partial charge in [-0.15, -0.1) is 0 Å². The van der Waals surface area contributed by atoms with Gasteiger partial charge in [-0.05, 0) is 21.3 Å². The van der Waals surface area contributed by atoms with Crippen LogP contribution in [0, 0.1) is 0 Å². The summed E-state index contributed by atoms with van der Waals surface area (Å²) in [5.74, 6) is -0.923. The Kier molecular flexibility index (Phi) is 4.75. The summed E-state index contributed by atoms with van der Waals surface area (Å²) in [7, 11) is 0. The summed E-state index contributed by atoms with van der Waals surface area (Å²) in [6, 6.07) is 12.2. The molecule has 2 rings (SSSR count). The predicted octanol–water partition coefficient (Wildman–Crippen LogP) is 2.72. The predicted molar refractivity (Wildman–Crippen MR) is 87.1 cm³/mol. The van der Waals surface area contributed by atoms with Crippen molar-refractivity contribution in [2.45, 2.75) is 12.5 Å². The lowest BCUT2D eigenvalue weighted by Gasteiger charge is -2.15. The number of benzene rings is 2.